The predicted octanol–water partition coefficient (Wildman–Crippen LogP) is 3.41. The summed E-state index contributed by atoms with van der Waals surface area (Å²) in [6.45, 7) is 6.28. The first kappa shape index (κ1) is 21.0. The van der Waals surface area contributed by atoms with Crippen LogP contribution in [0.3, 0.4) is 0 Å². The molecule has 7 heteroatoms. The van der Waals surface area contributed by atoms with Crippen LogP contribution in [0.1, 0.15) is 35.7 Å². The number of aliphatic imine (C=N–C) groups is 1. The van der Waals surface area contributed by atoms with Crippen LogP contribution in [0.2, 0.25) is 0 Å². The van der Waals surface area contributed by atoms with Crippen LogP contribution in [-0.4, -0.2) is 38.3 Å². The molecule has 0 atom stereocenters. The maximum atomic E-state index is 5.64. The fourth-order valence-corrected chi connectivity index (χ4v) is 3.42. The zero-order chi connectivity index (χ0) is 19.5. The van der Waals surface area contributed by atoms with Crippen LogP contribution in [0.4, 0.5) is 0 Å². The van der Waals surface area contributed by atoms with Crippen LogP contribution < -0.4 is 20.1 Å². The summed E-state index contributed by atoms with van der Waals surface area (Å²) in [5.74, 6) is 2.38. The van der Waals surface area contributed by atoms with E-state index in [1.54, 1.807) is 25.5 Å². The summed E-state index contributed by atoms with van der Waals surface area (Å²) in [7, 11) is 3.45. The zero-order valence-corrected chi connectivity index (χ0v) is 17.5. The molecule has 2 aromatic rings. The molecular weight excluding hydrogens is 360 g/mol. The van der Waals surface area contributed by atoms with Gasteiger partial charge in [0.2, 0.25) is 0 Å². The van der Waals surface area contributed by atoms with Crippen molar-refractivity contribution < 1.29 is 9.47 Å². The SMILES string of the molecule is CCOc1cc(CCCNC(=NC)NCc2ncc(CC)s2)ccc1OC. The maximum Gasteiger partial charge on any atom is 0.191 e. The summed E-state index contributed by atoms with van der Waals surface area (Å²) < 4.78 is 11.0. The summed E-state index contributed by atoms with van der Waals surface area (Å²) in [4.78, 5) is 9.99. The normalized spacial score (nSPS) is 11.3. The van der Waals surface area contributed by atoms with Crippen LogP contribution >= 0.6 is 11.3 Å². The largest absolute Gasteiger partial charge is 0.493 e. The van der Waals surface area contributed by atoms with E-state index in [1.165, 1.54) is 10.4 Å². The molecule has 0 saturated heterocycles. The van der Waals surface area contributed by atoms with Gasteiger partial charge in [-0.3, -0.25) is 4.99 Å². The lowest BCUT2D eigenvalue weighted by molar-refractivity contribution is 0.310. The number of aromatic nitrogens is 1. The third-order valence-electron chi connectivity index (χ3n) is 4.04. The first-order valence-electron chi connectivity index (χ1n) is 9.37. The minimum Gasteiger partial charge on any atom is -0.493 e. The number of guanidine groups is 1. The van der Waals surface area contributed by atoms with E-state index in [4.69, 9.17) is 9.47 Å². The second-order valence-corrected chi connectivity index (χ2v) is 7.15. The van der Waals surface area contributed by atoms with Crippen LogP contribution in [0.15, 0.2) is 29.4 Å². The van der Waals surface area contributed by atoms with Crippen molar-refractivity contribution in [2.75, 3.05) is 27.3 Å². The Morgan fingerprint density at radius 3 is 2.74 bits per heavy atom. The molecule has 1 heterocycles. The molecule has 0 unspecified atom stereocenters. The Kier molecular flexibility index (Phi) is 8.91. The lowest BCUT2D eigenvalue weighted by atomic mass is 10.1. The van der Waals surface area contributed by atoms with Gasteiger partial charge in [0.05, 0.1) is 20.3 Å². The molecule has 0 fully saturated rings. The van der Waals surface area contributed by atoms with Crippen molar-refractivity contribution >= 4 is 17.3 Å². The molecule has 1 aromatic carbocycles. The smallest absolute Gasteiger partial charge is 0.191 e. The number of aryl methyl sites for hydroxylation is 2. The molecule has 0 spiro atoms. The number of hydrogen-bond donors (Lipinski definition) is 2. The lowest BCUT2D eigenvalue weighted by Crippen LogP contribution is -2.37. The van der Waals surface area contributed by atoms with Gasteiger partial charge in [-0.2, -0.15) is 0 Å². The van der Waals surface area contributed by atoms with E-state index in [9.17, 15) is 0 Å². The summed E-state index contributed by atoms with van der Waals surface area (Å²) >= 11 is 1.74. The van der Waals surface area contributed by atoms with Crippen molar-refractivity contribution in [3.8, 4) is 11.5 Å². The quantitative estimate of drug-likeness (QED) is 0.370. The van der Waals surface area contributed by atoms with Crippen molar-refractivity contribution in [2.45, 2.75) is 39.7 Å². The van der Waals surface area contributed by atoms with Crippen molar-refractivity contribution in [1.29, 1.82) is 0 Å². The van der Waals surface area contributed by atoms with E-state index in [-0.39, 0.29) is 0 Å². The number of nitrogens with one attached hydrogen (secondary N) is 2. The second-order valence-electron chi connectivity index (χ2n) is 5.95. The highest BCUT2D eigenvalue weighted by Gasteiger charge is 2.06. The third kappa shape index (κ3) is 6.75. The fraction of sp³-hybridized carbons (Fsp3) is 0.500. The molecule has 0 aliphatic rings. The van der Waals surface area contributed by atoms with Gasteiger partial charge >= 0.3 is 0 Å². The highest BCUT2D eigenvalue weighted by molar-refractivity contribution is 7.11. The molecule has 0 amide bonds. The van der Waals surface area contributed by atoms with E-state index < -0.39 is 0 Å². The van der Waals surface area contributed by atoms with Gasteiger partial charge in [-0.1, -0.05) is 13.0 Å². The van der Waals surface area contributed by atoms with E-state index >= 15 is 0 Å². The molecule has 0 radical (unpaired) electrons. The highest BCUT2D eigenvalue weighted by Crippen LogP contribution is 2.28. The van der Waals surface area contributed by atoms with Crippen LogP contribution in [0, 0.1) is 0 Å². The molecular formula is C20H30N4O2S. The van der Waals surface area contributed by atoms with Gasteiger partial charge in [0.1, 0.15) is 5.01 Å². The number of ether oxygens (including phenoxy) is 2. The first-order valence-corrected chi connectivity index (χ1v) is 10.2. The average Bonchev–Trinajstić information content (AvgIpc) is 3.16. The van der Waals surface area contributed by atoms with Crippen molar-refractivity contribution in [2.24, 2.45) is 4.99 Å². The van der Waals surface area contributed by atoms with E-state index in [0.29, 0.717) is 13.2 Å². The summed E-state index contributed by atoms with van der Waals surface area (Å²) in [5, 5.41) is 7.75. The highest BCUT2D eigenvalue weighted by atomic mass is 32.1. The van der Waals surface area contributed by atoms with Crippen molar-refractivity contribution in [3.05, 3.63) is 39.8 Å². The summed E-state index contributed by atoms with van der Waals surface area (Å²) in [5.41, 5.74) is 1.24. The van der Waals surface area contributed by atoms with E-state index in [1.807, 2.05) is 19.2 Å². The second kappa shape index (κ2) is 11.4. The Morgan fingerprint density at radius 1 is 1.22 bits per heavy atom. The fourth-order valence-electron chi connectivity index (χ4n) is 2.62. The number of benzene rings is 1. The monoisotopic (exact) mass is 390 g/mol. The minimum absolute atomic E-state index is 0.627. The molecule has 0 aliphatic heterocycles. The van der Waals surface area contributed by atoms with Crippen molar-refractivity contribution in [1.82, 2.24) is 15.6 Å². The molecule has 148 valence electrons. The lowest BCUT2D eigenvalue weighted by Gasteiger charge is -2.12. The topological polar surface area (TPSA) is 67.8 Å². The number of methoxy groups -OCH3 is 1. The minimum atomic E-state index is 0.627. The van der Waals surface area contributed by atoms with Crippen molar-refractivity contribution in [3.63, 3.8) is 0 Å². The van der Waals surface area contributed by atoms with Crippen LogP contribution in [-0.2, 0) is 19.4 Å². The maximum absolute atomic E-state index is 5.64. The van der Waals surface area contributed by atoms with Gasteiger partial charge < -0.3 is 20.1 Å². The molecule has 6 nitrogen and oxygen atoms in total. The molecule has 0 aliphatic carbocycles. The van der Waals surface area contributed by atoms with Gasteiger partial charge in [-0.05, 0) is 43.9 Å². The first-order chi connectivity index (χ1) is 13.2. The Hall–Kier alpha value is -2.28. The summed E-state index contributed by atoms with van der Waals surface area (Å²) in [6, 6.07) is 6.11. The van der Waals surface area contributed by atoms with E-state index in [0.717, 1.165) is 48.3 Å². The number of rotatable bonds is 10. The Balaban J connectivity index is 1.75. The Morgan fingerprint density at radius 2 is 2.07 bits per heavy atom. The average molecular weight is 391 g/mol. The number of nitrogens with zero attached hydrogens (tertiary/aromatic N) is 2. The number of thiazole rings is 1. The Labute approximate surface area is 166 Å². The zero-order valence-electron chi connectivity index (χ0n) is 16.7. The molecule has 0 saturated carbocycles. The van der Waals surface area contributed by atoms with Gasteiger partial charge in [-0.25, -0.2) is 4.98 Å². The van der Waals surface area contributed by atoms with E-state index in [2.05, 4.69) is 39.7 Å². The van der Waals surface area contributed by atoms with Gasteiger partial charge in [0.25, 0.3) is 0 Å². The Bertz CT molecular complexity index is 731. The molecule has 2 N–H and O–H groups in total. The predicted molar refractivity (Wildman–Crippen MR) is 112 cm³/mol. The number of hydrogen-bond acceptors (Lipinski definition) is 5. The van der Waals surface area contributed by atoms with Gasteiger partial charge in [-0.15, -0.1) is 11.3 Å². The third-order valence-corrected chi connectivity index (χ3v) is 5.18. The molecule has 1 aromatic heterocycles. The van der Waals surface area contributed by atoms with Gasteiger partial charge in [0, 0.05) is 24.7 Å². The van der Waals surface area contributed by atoms with Gasteiger partial charge in [0.15, 0.2) is 17.5 Å². The van der Waals surface area contributed by atoms with Crippen LogP contribution in [0.25, 0.3) is 0 Å². The summed E-state index contributed by atoms with van der Waals surface area (Å²) in [6.07, 6.45) is 4.93. The molecule has 27 heavy (non-hydrogen) atoms. The standard InChI is InChI=1S/C20H30N4O2S/c1-5-16-13-23-19(27-16)14-24-20(21-3)22-11-7-8-15-9-10-17(25-4)18(12-15)26-6-2/h9-10,12-13H,5-8,11,14H2,1-4H3,(H2,21,22,24). The molecule has 0 bridgehead atoms. The van der Waals surface area contributed by atoms with Crippen LogP contribution in [0.5, 0.6) is 11.5 Å². The molecule has 2 rings (SSSR count).